The fourth-order valence-corrected chi connectivity index (χ4v) is 3.56. The molecule has 1 saturated heterocycles. The Bertz CT molecular complexity index is 457. The van der Waals surface area contributed by atoms with Gasteiger partial charge in [0.1, 0.15) is 0 Å². The predicted molar refractivity (Wildman–Crippen MR) is 82.9 cm³/mol. The Morgan fingerprint density at radius 2 is 2.00 bits per heavy atom. The lowest BCUT2D eigenvalue weighted by Gasteiger charge is -2.31. The van der Waals surface area contributed by atoms with Crippen LogP contribution in [0.1, 0.15) is 46.0 Å². The van der Waals surface area contributed by atoms with Crippen LogP contribution in [0.3, 0.4) is 0 Å². The highest BCUT2D eigenvalue weighted by Gasteiger charge is 2.37. The van der Waals surface area contributed by atoms with E-state index in [1.165, 1.54) is 32.1 Å². The quantitative estimate of drug-likeness (QED) is 0.899. The van der Waals surface area contributed by atoms with Crippen molar-refractivity contribution in [3.8, 4) is 6.01 Å². The standard InChI is InChI=1S/C15H25N5O/c1-3-16-13-17-14(19-15(18-13)21-4-2)20-10-9-11-7-5-6-8-12(11)20/h11-12H,3-10H2,1-2H3,(H,16,17,18,19). The fraction of sp³-hybridized carbons (Fsp3) is 0.800. The van der Waals surface area contributed by atoms with E-state index in [1.54, 1.807) is 0 Å². The van der Waals surface area contributed by atoms with E-state index in [0.29, 0.717) is 24.6 Å². The van der Waals surface area contributed by atoms with Crippen LogP contribution in [0.4, 0.5) is 11.9 Å². The van der Waals surface area contributed by atoms with Gasteiger partial charge in [0.15, 0.2) is 0 Å². The Labute approximate surface area is 126 Å². The van der Waals surface area contributed by atoms with Gasteiger partial charge in [-0.2, -0.15) is 15.0 Å². The number of rotatable bonds is 5. The minimum atomic E-state index is 0.428. The summed E-state index contributed by atoms with van der Waals surface area (Å²) in [6.07, 6.45) is 6.57. The third-order valence-corrected chi connectivity index (χ3v) is 4.48. The van der Waals surface area contributed by atoms with Gasteiger partial charge in [-0.15, -0.1) is 0 Å². The summed E-state index contributed by atoms with van der Waals surface area (Å²) in [6, 6.07) is 1.03. The summed E-state index contributed by atoms with van der Waals surface area (Å²) in [5.41, 5.74) is 0. The zero-order chi connectivity index (χ0) is 14.7. The van der Waals surface area contributed by atoms with Crippen molar-refractivity contribution in [2.75, 3.05) is 29.9 Å². The van der Waals surface area contributed by atoms with E-state index in [2.05, 4.69) is 25.2 Å². The molecule has 116 valence electrons. The smallest absolute Gasteiger partial charge is 0.323 e. The van der Waals surface area contributed by atoms with Crippen LogP contribution in [0.5, 0.6) is 6.01 Å². The first-order valence-electron chi connectivity index (χ1n) is 8.21. The lowest BCUT2D eigenvalue weighted by atomic mass is 9.85. The van der Waals surface area contributed by atoms with Crippen molar-refractivity contribution in [3.05, 3.63) is 0 Å². The molecule has 1 aromatic heterocycles. The van der Waals surface area contributed by atoms with Crippen LogP contribution in [0.2, 0.25) is 0 Å². The summed E-state index contributed by atoms with van der Waals surface area (Å²) in [5.74, 6) is 2.21. The maximum Gasteiger partial charge on any atom is 0.323 e. The van der Waals surface area contributed by atoms with Gasteiger partial charge in [0.2, 0.25) is 11.9 Å². The van der Waals surface area contributed by atoms with Crippen LogP contribution in [0.15, 0.2) is 0 Å². The maximum absolute atomic E-state index is 5.50. The van der Waals surface area contributed by atoms with Gasteiger partial charge in [-0.3, -0.25) is 0 Å². The summed E-state index contributed by atoms with van der Waals surface area (Å²) >= 11 is 0. The van der Waals surface area contributed by atoms with Crippen molar-refractivity contribution in [3.63, 3.8) is 0 Å². The van der Waals surface area contributed by atoms with E-state index in [1.807, 2.05) is 13.8 Å². The topological polar surface area (TPSA) is 63.2 Å². The first-order chi connectivity index (χ1) is 10.3. The maximum atomic E-state index is 5.50. The van der Waals surface area contributed by atoms with Crippen molar-refractivity contribution >= 4 is 11.9 Å². The highest BCUT2D eigenvalue weighted by molar-refractivity contribution is 5.41. The Balaban J connectivity index is 1.85. The minimum Gasteiger partial charge on any atom is -0.464 e. The van der Waals surface area contributed by atoms with Crippen LogP contribution in [0, 0.1) is 5.92 Å². The van der Waals surface area contributed by atoms with Crippen LogP contribution in [0.25, 0.3) is 0 Å². The monoisotopic (exact) mass is 291 g/mol. The SMILES string of the molecule is CCNc1nc(OCC)nc(N2CCC3CCCCC32)n1. The first-order valence-corrected chi connectivity index (χ1v) is 8.21. The number of fused-ring (bicyclic) bond motifs is 1. The van der Waals surface area contributed by atoms with Crippen LogP contribution >= 0.6 is 0 Å². The van der Waals surface area contributed by atoms with E-state index in [4.69, 9.17) is 4.74 Å². The number of hydrogen-bond donors (Lipinski definition) is 1. The number of nitrogens with one attached hydrogen (secondary N) is 1. The van der Waals surface area contributed by atoms with Gasteiger partial charge in [0.25, 0.3) is 0 Å². The molecule has 6 heteroatoms. The molecule has 1 aromatic rings. The van der Waals surface area contributed by atoms with Crippen molar-refractivity contribution in [1.82, 2.24) is 15.0 Å². The molecule has 1 saturated carbocycles. The number of aromatic nitrogens is 3. The van der Waals surface area contributed by atoms with E-state index in [0.717, 1.165) is 25.0 Å². The van der Waals surface area contributed by atoms with Crippen LogP contribution < -0.4 is 15.0 Å². The normalized spacial score (nSPS) is 24.8. The highest BCUT2D eigenvalue weighted by atomic mass is 16.5. The third-order valence-electron chi connectivity index (χ3n) is 4.48. The van der Waals surface area contributed by atoms with Crippen molar-refractivity contribution in [1.29, 1.82) is 0 Å². The zero-order valence-corrected chi connectivity index (χ0v) is 13.0. The fourth-order valence-electron chi connectivity index (χ4n) is 3.56. The van der Waals surface area contributed by atoms with Gasteiger partial charge in [-0.05, 0) is 39.0 Å². The lowest BCUT2D eigenvalue weighted by molar-refractivity contribution is 0.310. The van der Waals surface area contributed by atoms with E-state index in [-0.39, 0.29) is 0 Å². The summed E-state index contributed by atoms with van der Waals surface area (Å²) in [7, 11) is 0. The molecule has 2 atom stereocenters. The molecule has 0 bridgehead atoms. The molecule has 21 heavy (non-hydrogen) atoms. The zero-order valence-electron chi connectivity index (χ0n) is 13.0. The van der Waals surface area contributed by atoms with Gasteiger partial charge in [-0.25, -0.2) is 0 Å². The first kappa shape index (κ1) is 14.4. The van der Waals surface area contributed by atoms with E-state index < -0.39 is 0 Å². The highest BCUT2D eigenvalue weighted by Crippen LogP contribution is 2.38. The summed E-state index contributed by atoms with van der Waals surface area (Å²) < 4.78 is 5.50. The van der Waals surface area contributed by atoms with Crippen LogP contribution in [-0.4, -0.2) is 40.7 Å². The van der Waals surface area contributed by atoms with Crippen LogP contribution in [-0.2, 0) is 0 Å². The lowest BCUT2D eigenvalue weighted by Crippen LogP contribution is -2.36. The van der Waals surface area contributed by atoms with E-state index >= 15 is 0 Å². The molecule has 0 spiro atoms. The number of ether oxygens (including phenoxy) is 1. The molecule has 3 rings (SSSR count). The Morgan fingerprint density at radius 1 is 1.14 bits per heavy atom. The Hall–Kier alpha value is -1.59. The molecule has 2 fully saturated rings. The molecular formula is C15H25N5O. The average Bonchev–Trinajstić information content (AvgIpc) is 2.92. The third kappa shape index (κ3) is 3.04. The number of anilines is 2. The predicted octanol–water partition coefficient (Wildman–Crippen LogP) is 2.47. The second kappa shape index (κ2) is 6.45. The molecule has 2 unspecified atom stereocenters. The molecule has 1 aliphatic heterocycles. The summed E-state index contributed by atoms with van der Waals surface area (Å²) in [5, 5.41) is 3.17. The average molecular weight is 291 g/mol. The van der Waals surface area contributed by atoms with Gasteiger partial charge >= 0.3 is 6.01 Å². The molecule has 6 nitrogen and oxygen atoms in total. The summed E-state index contributed by atoms with van der Waals surface area (Å²) in [6.45, 7) is 6.40. The second-order valence-electron chi connectivity index (χ2n) is 5.80. The molecule has 0 aromatic carbocycles. The van der Waals surface area contributed by atoms with Crippen molar-refractivity contribution in [2.24, 2.45) is 5.92 Å². The molecular weight excluding hydrogens is 266 g/mol. The molecule has 1 N–H and O–H groups in total. The minimum absolute atomic E-state index is 0.428. The largest absolute Gasteiger partial charge is 0.464 e. The van der Waals surface area contributed by atoms with Gasteiger partial charge in [-0.1, -0.05) is 12.8 Å². The van der Waals surface area contributed by atoms with Gasteiger partial charge in [0.05, 0.1) is 6.61 Å². The van der Waals surface area contributed by atoms with Crippen molar-refractivity contribution < 1.29 is 4.74 Å². The molecule has 2 heterocycles. The molecule has 1 aliphatic carbocycles. The molecule has 2 aliphatic rings. The Kier molecular flexibility index (Phi) is 4.41. The number of hydrogen-bond acceptors (Lipinski definition) is 6. The Morgan fingerprint density at radius 3 is 2.81 bits per heavy atom. The van der Waals surface area contributed by atoms with E-state index in [9.17, 15) is 0 Å². The summed E-state index contributed by atoms with van der Waals surface area (Å²) in [4.78, 5) is 15.8. The van der Waals surface area contributed by atoms with Gasteiger partial charge in [0, 0.05) is 19.1 Å². The molecule has 0 amide bonds. The second-order valence-corrected chi connectivity index (χ2v) is 5.80. The van der Waals surface area contributed by atoms with Crippen molar-refractivity contribution in [2.45, 2.75) is 52.0 Å². The molecule has 0 radical (unpaired) electrons. The van der Waals surface area contributed by atoms with Gasteiger partial charge < -0.3 is 15.0 Å². The number of nitrogens with zero attached hydrogens (tertiary/aromatic N) is 4.